The van der Waals surface area contributed by atoms with E-state index >= 15 is 0 Å². The van der Waals surface area contributed by atoms with E-state index in [0.717, 1.165) is 15.6 Å². The summed E-state index contributed by atoms with van der Waals surface area (Å²) in [6.45, 7) is 4.99. The molecule has 0 saturated heterocycles. The van der Waals surface area contributed by atoms with Crippen molar-refractivity contribution in [3.8, 4) is 5.75 Å². The van der Waals surface area contributed by atoms with Crippen LogP contribution in [0.2, 0.25) is 0 Å². The Balaban J connectivity index is 2.46. The zero-order valence-electron chi connectivity index (χ0n) is 10.9. The van der Waals surface area contributed by atoms with Crippen molar-refractivity contribution in [3.63, 3.8) is 0 Å². The van der Waals surface area contributed by atoms with Crippen LogP contribution < -0.4 is 10.1 Å². The molecule has 0 atom stereocenters. The summed E-state index contributed by atoms with van der Waals surface area (Å²) in [5.41, 5.74) is 2.18. The summed E-state index contributed by atoms with van der Waals surface area (Å²) >= 11 is 3.49. The normalized spacial score (nSPS) is 10.2. The van der Waals surface area contributed by atoms with Gasteiger partial charge in [-0.15, -0.1) is 0 Å². The highest BCUT2D eigenvalue weighted by Crippen LogP contribution is 2.26. The van der Waals surface area contributed by atoms with Crippen molar-refractivity contribution in [3.05, 3.63) is 27.7 Å². The van der Waals surface area contributed by atoms with E-state index in [-0.39, 0.29) is 12.5 Å². The van der Waals surface area contributed by atoms with Crippen LogP contribution in [0.5, 0.6) is 5.75 Å². The van der Waals surface area contributed by atoms with Gasteiger partial charge in [0.05, 0.1) is 6.61 Å². The van der Waals surface area contributed by atoms with Crippen LogP contribution in [0.15, 0.2) is 16.6 Å². The summed E-state index contributed by atoms with van der Waals surface area (Å²) in [7, 11) is 1.59. The molecule has 0 spiro atoms. The third-order valence-electron chi connectivity index (χ3n) is 2.41. The third kappa shape index (κ3) is 4.66. The fraction of sp³-hybridized carbons (Fsp3) is 0.462. The summed E-state index contributed by atoms with van der Waals surface area (Å²) in [6, 6.07) is 3.80. The number of ether oxygens (including phenoxy) is 2. The van der Waals surface area contributed by atoms with E-state index < -0.39 is 0 Å². The number of nitrogens with one attached hydrogen (secondary N) is 1. The molecule has 0 heterocycles. The highest BCUT2D eigenvalue weighted by Gasteiger charge is 2.05. The maximum absolute atomic E-state index is 11.4. The van der Waals surface area contributed by atoms with Crippen molar-refractivity contribution >= 4 is 21.8 Å². The number of rotatable bonds is 6. The fourth-order valence-electron chi connectivity index (χ4n) is 1.48. The maximum atomic E-state index is 11.4. The maximum Gasteiger partial charge on any atom is 0.258 e. The van der Waals surface area contributed by atoms with Crippen LogP contribution in [0.4, 0.5) is 0 Å². The number of halogens is 1. The molecule has 0 aromatic heterocycles. The van der Waals surface area contributed by atoms with Crippen LogP contribution in [-0.4, -0.2) is 32.8 Å². The summed E-state index contributed by atoms with van der Waals surface area (Å²) in [6.07, 6.45) is 0. The van der Waals surface area contributed by atoms with Gasteiger partial charge in [0.2, 0.25) is 0 Å². The number of carbonyl (C=O) groups is 1. The quantitative estimate of drug-likeness (QED) is 0.819. The summed E-state index contributed by atoms with van der Waals surface area (Å²) in [4.78, 5) is 11.4. The van der Waals surface area contributed by atoms with E-state index in [1.54, 1.807) is 7.11 Å². The lowest BCUT2D eigenvalue weighted by molar-refractivity contribution is -0.123. The third-order valence-corrected chi connectivity index (χ3v) is 3.66. The second-order valence-electron chi connectivity index (χ2n) is 4.00. The van der Waals surface area contributed by atoms with Gasteiger partial charge < -0.3 is 14.8 Å². The highest BCUT2D eigenvalue weighted by atomic mass is 79.9. The van der Waals surface area contributed by atoms with Crippen LogP contribution >= 0.6 is 15.9 Å². The zero-order valence-corrected chi connectivity index (χ0v) is 12.5. The van der Waals surface area contributed by atoms with E-state index in [9.17, 15) is 4.79 Å². The van der Waals surface area contributed by atoms with Crippen molar-refractivity contribution in [2.45, 2.75) is 13.8 Å². The molecular weight excluding hydrogens is 298 g/mol. The predicted octanol–water partition coefficient (Wildman–Crippen LogP) is 2.21. The van der Waals surface area contributed by atoms with Crippen LogP contribution in [0, 0.1) is 13.8 Å². The number of hydrogen-bond acceptors (Lipinski definition) is 3. The van der Waals surface area contributed by atoms with Crippen LogP contribution in [0.1, 0.15) is 11.1 Å². The van der Waals surface area contributed by atoms with Gasteiger partial charge in [-0.2, -0.15) is 0 Å². The second-order valence-corrected chi connectivity index (χ2v) is 4.80. The average Bonchev–Trinajstić information content (AvgIpc) is 2.33. The van der Waals surface area contributed by atoms with Crippen molar-refractivity contribution in [2.75, 3.05) is 26.9 Å². The molecule has 4 nitrogen and oxygen atoms in total. The number of carbonyl (C=O) groups excluding carboxylic acids is 1. The molecule has 0 aliphatic carbocycles. The lowest BCUT2D eigenvalue weighted by atomic mass is 10.1. The first-order chi connectivity index (χ1) is 8.54. The van der Waals surface area contributed by atoms with E-state index in [2.05, 4.69) is 21.2 Å². The SMILES string of the molecule is COCCNC(=O)COc1cc(C)c(Br)c(C)c1. The zero-order chi connectivity index (χ0) is 13.5. The Hall–Kier alpha value is -1.07. The van der Waals surface area contributed by atoms with Gasteiger partial charge in [0, 0.05) is 18.1 Å². The predicted molar refractivity (Wildman–Crippen MR) is 74.0 cm³/mol. The Morgan fingerprint density at radius 2 is 1.94 bits per heavy atom. The van der Waals surface area contributed by atoms with Gasteiger partial charge in [-0.1, -0.05) is 15.9 Å². The molecule has 5 heteroatoms. The Morgan fingerprint density at radius 3 is 2.50 bits per heavy atom. The second kappa shape index (κ2) is 7.38. The van der Waals surface area contributed by atoms with Crippen molar-refractivity contribution in [1.29, 1.82) is 0 Å². The average molecular weight is 316 g/mol. The fourth-order valence-corrected chi connectivity index (χ4v) is 1.71. The Bertz CT molecular complexity index is 398. The van der Waals surface area contributed by atoms with Crippen molar-refractivity contribution in [2.24, 2.45) is 0 Å². The minimum absolute atomic E-state index is 0.0181. The van der Waals surface area contributed by atoms with Gasteiger partial charge in [0.25, 0.3) is 5.91 Å². The molecule has 0 aliphatic rings. The lowest BCUT2D eigenvalue weighted by Crippen LogP contribution is -2.31. The first-order valence-corrected chi connectivity index (χ1v) is 6.49. The monoisotopic (exact) mass is 315 g/mol. The molecule has 0 bridgehead atoms. The highest BCUT2D eigenvalue weighted by molar-refractivity contribution is 9.10. The van der Waals surface area contributed by atoms with Crippen molar-refractivity contribution in [1.82, 2.24) is 5.32 Å². The standard InChI is InChI=1S/C13H18BrNO3/c1-9-6-11(7-10(2)13(9)14)18-8-12(16)15-4-5-17-3/h6-7H,4-5,8H2,1-3H3,(H,15,16). The first-order valence-electron chi connectivity index (χ1n) is 5.69. The van der Waals surface area contributed by atoms with Gasteiger partial charge in [-0.05, 0) is 37.1 Å². The van der Waals surface area contributed by atoms with Crippen LogP contribution in [0.3, 0.4) is 0 Å². The van der Waals surface area contributed by atoms with E-state index in [1.165, 1.54) is 0 Å². The van der Waals surface area contributed by atoms with Crippen molar-refractivity contribution < 1.29 is 14.3 Å². The molecule has 1 rings (SSSR count). The van der Waals surface area contributed by atoms with Gasteiger partial charge in [-0.3, -0.25) is 4.79 Å². The minimum atomic E-state index is -0.148. The van der Waals surface area contributed by atoms with E-state index in [4.69, 9.17) is 9.47 Å². The van der Waals surface area contributed by atoms with Gasteiger partial charge in [0.15, 0.2) is 6.61 Å². The summed E-state index contributed by atoms with van der Waals surface area (Å²) < 4.78 is 11.3. The molecule has 0 aliphatic heterocycles. The van der Waals surface area contributed by atoms with Gasteiger partial charge >= 0.3 is 0 Å². The van der Waals surface area contributed by atoms with Crippen LogP contribution in [-0.2, 0) is 9.53 Å². The molecule has 0 fully saturated rings. The largest absolute Gasteiger partial charge is 0.484 e. The lowest BCUT2D eigenvalue weighted by Gasteiger charge is -2.10. The van der Waals surface area contributed by atoms with Gasteiger partial charge in [0.1, 0.15) is 5.75 Å². The Kier molecular flexibility index (Phi) is 6.15. The van der Waals surface area contributed by atoms with Gasteiger partial charge in [-0.25, -0.2) is 0 Å². The van der Waals surface area contributed by atoms with E-state index in [1.807, 2.05) is 26.0 Å². The summed E-state index contributed by atoms with van der Waals surface area (Å²) in [5.74, 6) is 0.556. The number of benzene rings is 1. The molecule has 1 aromatic carbocycles. The number of hydrogen-bond donors (Lipinski definition) is 1. The molecular formula is C13H18BrNO3. The topological polar surface area (TPSA) is 47.6 Å². The molecule has 1 aromatic rings. The number of methoxy groups -OCH3 is 1. The smallest absolute Gasteiger partial charge is 0.258 e. The number of amides is 1. The molecule has 0 radical (unpaired) electrons. The minimum Gasteiger partial charge on any atom is -0.484 e. The molecule has 0 unspecified atom stereocenters. The molecule has 100 valence electrons. The number of aryl methyl sites for hydroxylation is 2. The summed E-state index contributed by atoms with van der Waals surface area (Å²) in [5, 5.41) is 2.70. The molecule has 0 saturated carbocycles. The molecule has 1 amide bonds. The van der Waals surface area contributed by atoms with Crippen LogP contribution in [0.25, 0.3) is 0 Å². The Morgan fingerprint density at radius 1 is 1.33 bits per heavy atom. The molecule has 18 heavy (non-hydrogen) atoms. The first kappa shape index (κ1) is 15.0. The van der Waals surface area contributed by atoms with E-state index in [0.29, 0.717) is 18.9 Å². The Labute approximate surface area is 116 Å². The molecule has 1 N–H and O–H groups in total.